The number of nitrogens with one attached hydrogen (secondary N) is 1. The summed E-state index contributed by atoms with van der Waals surface area (Å²) < 4.78 is 0. The van der Waals surface area contributed by atoms with Crippen LogP contribution in [0, 0.1) is 5.41 Å². The van der Waals surface area contributed by atoms with Gasteiger partial charge in [0.1, 0.15) is 0 Å². The van der Waals surface area contributed by atoms with E-state index in [1.807, 2.05) is 0 Å². The molecular formula is C13H18ClN. The maximum absolute atomic E-state index is 3.69. The Morgan fingerprint density at radius 3 is 2.73 bits per heavy atom. The Kier molecular flexibility index (Phi) is 2.36. The number of hydrogen-bond acceptors (Lipinski definition) is 1. The standard InChI is InChI=1S/C13H17N.ClH/c1-12-7-8-14-13(12,2)11-6-4-3-5-10(11)9-12;/h3-6,14H,7-9H2,1-2H3;1H. The van der Waals surface area contributed by atoms with Crippen molar-refractivity contribution in [2.24, 2.45) is 5.41 Å². The topological polar surface area (TPSA) is 12.0 Å². The van der Waals surface area contributed by atoms with E-state index in [4.69, 9.17) is 0 Å². The predicted octanol–water partition coefficient (Wildman–Crippen LogP) is 2.88. The van der Waals surface area contributed by atoms with E-state index in [0.29, 0.717) is 5.41 Å². The summed E-state index contributed by atoms with van der Waals surface area (Å²) in [4.78, 5) is 0. The van der Waals surface area contributed by atoms with Crippen molar-refractivity contribution in [2.75, 3.05) is 6.54 Å². The summed E-state index contributed by atoms with van der Waals surface area (Å²) in [5.74, 6) is 0. The lowest BCUT2D eigenvalue weighted by molar-refractivity contribution is 0.205. The van der Waals surface area contributed by atoms with E-state index in [0.717, 1.165) is 0 Å². The molecule has 3 rings (SSSR count). The van der Waals surface area contributed by atoms with Crippen molar-refractivity contribution < 1.29 is 0 Å². The van der Waals surface area contributed by atoms with Gasteiger partial charge in [0.05, 0.1) is 0 Å². The molecule has 2 atom stereocenters. The molecule has 0 amide bonds. The lowest BCUT2D eigenvalue weighted by Gasteiger charge is -2.35. The molecule has 82 valence electrons. The van der Waals surface area contributed by atoms with Crippen LogP contribution in [-0.4, -0.2) is 6.54 Å². The molecular weight excluding hydrogens is 206 g/mol. The summed E-state index contributed by atoms with van der Waals surface area (Å²) >= 11 is 0. The summed E-state index contributed by atoms with van der Waals surface area (Å²) in [5, 5.41) is 3.69. The molecule has 1 fully saturated rings. The second-order valence-corrected chi connectivity index (χ2v) is 5.20. The minimum absolute atomic E-state index is 0. The van der Waals surface area contributed by atoms with Crippen LogP contribution in [0.15, 0.2) is 24.3 Å². The first-order valence-corrected chi connectivity index (χ1v) is 5.49. The highest BCUT2D eigenvalue weighted by Gasteiger charge is 2.54. The van der Waals surface area contributed by atoms with E-state index in [2.05, 4.69) is 43.4 Å². The summed E-state index contributed by atoms with van der Waals surface area (Å²) in [6.07, 6.45) is 2.55. The minimum atomic E-state index is 0. The fraction of sp³-hybridized carbons (Fsp3) is 0.538. The number of hydrogen-bond donors (Lipinski definition) is 1. The van der Waals surface area contributed by atoms with Gasteiger partial charge in [0.15, 0.2) is 0 Å². The van der Waals surface area contributed by atoms with Gasteiger partial charge in [0.2, 0.25) is 0 Å². The van der Waals surface area contributed by atoms with Crippen LogP contribution in [0.5, 0.6) is 0 Å². The molecule has 1 aliphatic heterocycles. The Bertz CT molecular complexity index is 390. The van der Waals surface area contributed by atoms with Gasteiger partial charge in [0.25, 0.3) is 0 Å². The molecule has 0 spiro atoms. The first-order valence-electron chi connectivity index (χ1n) is 5.49. The van der Waals surface area contributed by atoms with Crippen molar-refractivity contribution >= 4 is 12.4 Å². The lowest BCUT2D eigenvalue weighted by atomic mass is 9.74. The Morgan fingerprint density at radius 1 is 1.20 bits per heavy atom. The first-order chi connectivity index (χ1) is 6.66. The second-order valence-electron chi connectivity index (χ2n) is 5.20. The van der Waals surface area contributed by atoms with Gasteiger partial charge in [-0.25, -0.2) is 0 Å². The Balaban J connectivity index is 0.000000853. The zero-order valence-electron chi connectivity index (χ0n) is 9.34. The van der Waals surface area contributed by atoms with Gasteiger partial charge in [-0.1, -0.05) is 31.2 Å². The summed E-state index contributed by atoms with van der Waals surface area (Å²) in [6.45, 7) is 5.96. The summed E-state index contributed by atoms with van der Waals surface area (Å²) in [5.41, 5.74) is 3.74. The van der Waals surface area contributed by atoms with E-state index < -0.39 is 0 Å². The quantitative estimate of drug-likeness (QED) is 0.713. The fourth-order valence-corrected chi connectivity index (χ4v) is 3.32. The highest BCUT2D eigenvalue weighted by atomic mass is 35.5. The van der Waals surface area contributed by atoms with E-state index in [-0.39, 0.29) is 17.9 Å². The van der Waals surface area contributed by atoms with E-state index >= 15 is 0 Å². The molecule has 1 nitrogen and oxygen atoms in total. The third-order valence-corrected chi connectivity index (χ3v) is 4.50. The van der Waals surface area contributed by atoms with Crippen LogP contribution >= 0.6 is 12.4 Å². The van der Waals surface area contributed by atoms with E-state index in [9.17, 15) is 0 Å². The van der Waals surface area contributed by atoms with Gasteiger partial charge in [-0.05, 0) is 42.9 Å². The average molecular weight is 224 g/mol. The smallest absolute Gasteiger partial charge is 0.0466 e. The maximum Gasteiger partial charge on any atom is 0.0466 e. The maximum atomic E-state index is 3.69. The third kappa shape index (κ3) is 1.20. The predicted molar refractivity (Wildman–Crippen MR) is 65.5 cm³/mol. The van der Waals surface area contributed by atoms with E-state index in [1.165, 1.54) is 24.9 Å². The van der Waals surface area contributed by atoms with Crippen molar-refractivity contribution in [1.29, 1.82) is 0 Å². The van der Waals surface area contributed by atoms with Crippen molar-refractivity contribution in [3.05, 3.63) is 35.4 Å². The van der Waals surface area contributed by atoms with Crippen molar-refractivity contribution in [3.63, 3.8) is 0 Å². The molecule has 2 heteroatoms. The van der Waals surface area contributed by atoms with Crippen LogP contribution in [0.25, 0.3) is 0 Å². The lowest BCUT2D eigenvalue weighted by Crippen LogP contribution is -2.41. The van der Waals surface area contributed by atoms with Crippen LogP contribution in [0.1, 0.15) is 31.4 Å². The fourth-order valence-electron chi connectivity index (χ4n) is 3.32. The molecule has 0 radical (unpaired) electrons. The Hall–Kier alpha value is -0.530. The largest absolute Gasteiger partial charge is 0.307 e. The van der Waals surface area contributed by atoms with Crippen LogP contribution in [-0.2, 0) is 12.0 Å². The molecule has 1 aliphatic carbocycles. The monoisotopic (exact) mass is 223 g/mol. The molecule has 1 aromatic carbocycles. The van der Waals surface area contributed by atoms with Gasteiger partial charge < -0.3 is 5.32 Å². The van der Waals surface area contributed by atoms with Gasteiger partial charge in [0, 0.05) is 5.54 Å². The molecule has 1 N–H and O–H groups in total. The Labute approximate surface area is 97.7 Å². The van der Waals surface area contributed by atoms with Crippen LogP contribution in [0.4, 0.5) is 0 Å². The van der Waals surface area contributed by atoms with Crippen LogP contribution in [0.2, 0.25) is 0 Å². The zero-order chi connectivity index (χ0) is 9.81. The SMILES string of the molecule is CC12CCNC1(C)c1ccccc1C2.Cl. The van der Waals surface area contributed by atoms with Gasteiger partial charge in [-0.2, -0.15) is 0 Å². The highest BCUT2D eigenvalue weighted by Crippen LogP contribution is 2.54. The van der Waals surface area contributed by atoms with Crippen LogP contribution < -0.4 is 5.32 Å². The molecule has 1 saturated heterocycles. The molecule has 0 bridgehead atoms. The summed E-state index contributed by atoms with van der Waals surface area (Å²) in [6, 6.07) is 8.90. The molecule has 1 aromatic rings. The normalized spacial score (nSPS) is 36.9. The van der Waals surface area contributed by atoms with Gasteiger partial charge in [-0.15, -0.1) is 12.4 Å². The first kappa shape index (κ1) is 11.0. The highest BCUT2D eigenvalue weighted by molar-refractivity contribution is 5.85. The molecule has 1 heterocycles. The second kappa shape index (κ2) is 3.23. The molecule has 2 aliphatic rings. The van der Waals surface area contributed by atoms with Crippen molar-refractivity contribution in [2.45, 2.75) is 32.2 Å². The molecule has 0 saturated carbocycles. The number of halogens is 1. The molecule has 0 aromatic heterocycles. The minimum Gasteiger partial charge on any atom is -0.307 e. The van der Waals surface area contributed by atoms with Gasteiger partial charge >= 0.3 is 0 Å². The molecule has 2 unspecified atom stereocenters. The van der Waals surface area contributed by atoms with E-state index in [1.54, 1.807) is 5.56 Å². The van der Waals surface area contributed by atoms with Crippen molar-refractivity contribution in [1.82, 2.24) is 5.32 Å². The number of fused-ring (bicyclic) bond motifs is 3. The molecule has 15 heavy (non-hydrogen) atoms. The number of rotatable bonds is 0. The summed E-state index contributed by atoms with van der Waals surface area (Å²) in [7, 11) is 0. The Morgan fingerprint density at radius 2 is 1.93 bits per heavy atom. The zero-order valence-corrected chi connectivity index (χ0v) is 10.2. The van der Waals surface area contributed by atoms with Gasteiger partial charge in [-0.3, -0.25) is 0 Å². The van der Waals surface area contributed by atoms with Crippen LogP contribution in [0.3, 0.4) is 0 Å². The van der Waals surface area contributed by atoms with Crippen molar-refractivity contribution in [3.8, 4) is 0 Å². The average Bonchev–Trinajstić information content (AvgIpc) is 2.54. The number of benzene rings is 1. The third-order valence-electron chi connectivity index (χ3n) is 4.50.